The van der Waals surface area contributed by atoms with Gasteiger partial charge in [0.15, 0.2) is 5.69 Å². The molecule has 0 bridgehead atoms. The number of aromatic nitrogens is 6. The second-order valence-electron chi connectivity index (χ2n) is 8.59. The van der Waals surface area contributed by atoms with E-state index in [9.17, 15) is 35.9 Å². The first-order chi connectivity index (χ1) is 17.9. The van der Waals surface area contributed by atoms with Crippen molar-refractivity contribution in [3.05, 3.63) is 40.2 Å². The van der Waals surface area contributed by atoms with Gasteiger partial charge in [-0.25, -0.2) is 15.1 Å². The maximum atomic E-state index is 13.3. The Bertz CT molecular complexity index is 1330. The van der Waals surface area contributed by atoms with Crippen molar-refractivity contribution in [1.29, 1.82) is 0 Å². The number of piperazine rings is 1. The molecule has 11 nitrogen and oxygen atoms in total. The number of anilines is 1. The fourth-order valence-corrected chi connectivity index (χ4v) is 3.96. The third-order valence-corrected chi connectivity index (χ3v) is 5.92. The van der Waals surface area contributed by atoms with Crippen LogP contribution in [0, 0.1) is 5.92 Å². The van der Waals surface area contributed by atoms with Gasteiger partial charge in [-0.15, -0.1) is 0 Å². The summed E-state index contributed by atoms with van der Waals surface area (Å²) in [5, 5.41) is 8.37. The summed E-state index contributed by atoms with van der Waals surface area (Å²) in [6, 6.07) is 0. The van der Waals surface area contributed by atoms with Crippen molar-refractivity contribution in [3.8, 4) is 0 Å². The summed E-state index contributed by atoms with van der Waals surface area (Å²) >= 11 is 0. The molecule has 0 aromatic carbocycles. The van der Waals surface area contributed by atoms with E-state index in [-0.39, 0.29) is 37.1 Å². The highest BCUT2D eigenvalue weighted by Crippen LogP contribution is 2.32. The summed E-state index contributed by atoms with van der Waals surface area (Å²) in [5.41, 5.74) is -3.37. The number of aromatic amines is 1. The summed E-state index contributed by atoms with van der Waals surface area (Å²) in [7, 11) is 0. The number of carbonyl (C=O) groups is 1. The van der Waals surface area contributed by atoms with Crippen LogP contribution in [0.4, 0.5) is 32.3 Å². The molecule has 1 fully saturated rings. The Morgan fingerprint density at radius 1 is 1.05 bits per heavy atom. The van der Waals surface area contributed by atoms with Crippen molar-refractivity contribution in [2.45, 2.75) is 25.8 Å². The van der Waals surface area contributed by atoms with E-state index in [2.05, 4.69) is 20.2 Å². The van der Waals surface area contributed by atoms with Crippen LogP contribution in [0.3, 0.4) is 0 Å². The normalized spacial score (nSPS) is 15.8. The predicted molar refractivity (Wildman–Crippen MR) is 119 cm³/mol. The lowest BCUT2D eigenvalue weighted by molar-refractivity contribution is -0.140. The summed E-state index contributed by atoms with van der Waals surface area (Å²) in [5.74, 6) is -0.635. The van der Waals surface area contributed by atoms with E-state index in [1.807, 2.05) is 5.10 Å². The third kappa shape index (κ3) is 5.87. The third-order valence-electron chi connectivity index (χ3n) is 5.92. The van der Waals surface area contributed by atoms with Crippen LogP contribution in [-0.2, 0) is 28.4 Å². The second-order valence-corrected chi connectivity index (χ2v) is 8.59. The molecule has 1 saturated heterocycles. The molecule has 206 valence electrons. The molecule has 1 aliphatic rings. The molecule has 0 aliphatic carbocycles. The van der Waals surface area contributed by atoms with Crippen LogP contribution in [0.2, 0.25) is 0 Å². The second kappa shape index (κ2) is 10.5. The zero-order valence-corrected chi connectivity index (χ0v) is 19.9. The number of hydrogen-bond donors (Lipinski definition) is 1. The lowest BCUT2D eigenvalue weighted by Crippen LogP contribution is -2.51. The number of amides is 1. The summed E-state index contributed by atoms with van der Waals surface area (Å²) < 4.78 is 84.4. The average Bonchev–Trinajstić information content (AvgIpc) is 3.26. The fourth-order valence-electron chi connectivity index (χ4n) is 3.96. The Labute approximate surface area is 210 Å². The molecule has 1 N–H and O–H groups in total. The van der Waals surface area contributed by atoms with Gasteiger partial charge < -0.3 is 14.5 Å². The molecule has 0 radical (unpaired) electrons. The number of H-pyrrole nitrogens is 1. The smallest absolute Gasteiger partial charge is 0.379 e. The Morgan fingerprint density at radius 2 is 1.71 bits per heavy atom. The standard InChI is InChI=1S/C21H22F6N8O3/c1-12(11-38-7-6-35-14-10-30-31-17(36)15(14)16(32-35)21(25,26)27)18(37)33-2-4-34(5-3-33)19-28-8-13(9-29-19)20(22,23)24/h8-10,12H,2-7,11H2,1H3,(H,31,36). The van der Waals surface area contributed by atoms with Crippen molar-refractivity contribution >= 4 is 22.8 Å². The summed E-state index contributed by atoms with van der Waals surface area (Å²) in [6.07, 6.45) is -6.87. The van der Waals surface area contributed by atoms with Gasteiger partial charge in [0.25, 0.3) is 5.56 Å². The molecule has 0 saturated carbocycles. The number of hydrogen-bond acceptors (Lipinski definition) is 8. The molecule has 38 heavy (non-hydrogen) atoms. The van der Waals surface area contributed by atoms with Crippen molar-refractivity contribution in [3.63, 3.8) is 0 Å². The van der Waals surface area contributed by atoms with E-state index in [1.54, 1.807) is 16.7 Å². The van der Waals surface area contributed by atoms with E-state index in [0.717, 1.165) is 10.9 Å². The number of nitrogens with one attached hydrogen (secondary N) is 1. The van der Waals surface area contributed by atoms with Crippen LogP contribution < -0.4 is 10.5 Å². The number of ether oxygens (including phenoxy) is 1. The largest absolute Gasteiger partial charge is 0.435 e. The molecule has 1 atom stereocenters. The van der Waals surface area contributed by atoms with E-state index >= 15 is 0 Å². The Morgan fingerprint density at radius 3 is 2.32 bits per heavy atom. The Balaban J connectivity index is 1.26. The lowest BCUT2D eigenvalue weighted by atomic mass is 10.1. The number of alkyl halides is 6. The Hall–Kier alpha value is -3.76. The number of halogens is 6. The van der Waals surface area contributed by atoms with Crippen molar-refractivity contribution in [1.82, 2.24) is 34.8 Å². The van der Waals surface area contributed by atoms with Crippen molar-refractivity contribution < 1.29 is 35.9 Å². The van der Waals surface area contributed by atoms with Gasteiger partial charge >= 0.3 is 12.4 Å². The molecular formula is C21H22F6N8O3. The van der Waals surface area contributed by atoms with E-state index in [4.69, 9.17) is 4.74 Å². The zero-order chi connectivity index (χ0) is 27.7. The summed E-state index contributed by atoms with van der Waals surface area (Å²) in [4.78, 5) is 35.4. The average molecular weight is 548 g/mol. The molecule has 17 heteroatoms. The first-order valence-corrected chi connectivity index (χ1v) is 11.4. The van der Waals surface area contributed by atoms with Gasteiger partial charge in [0.05, 0.1) is 43.0 Å². The first-order valence-electron chi connectivity index (χ1n) is 11.4. The lowest BCUT2D eigenvalue weighted by Gasteiger charge is -2.36. The molecule has 4 rings (SSSR count). The SMILES string of the molecule is CC(COCCn1nc(C(F)(F)F)c2c(=O)[nH]ncc21)C(=O)N1CCN(c2ncc(C(F)(F)F)cn2)CC1. The van der Waals surface area contributed by atoms with Gasteiger partial charge in [-0.05, 0) is 0 Å². The monoisotopic (exact) mass is 548 g/mol. The number of fused-ring (bicyclic) bond motifs is 1. The van der Waals surface area contributed by atoms with Crippen LogP contribution >= 0.6 is 0 Å². The maximum Gasteiger partial charge on any atom is 0.435 e. The minimum absolute atomic E-state index is 0.00870. The topological polar surface area (TPSA) is 122 Å². The van der Waals surface area contributed by atoms with Crippen LogP contribution in [0.25, 0.3) is 10.9 Å². The van der Waals surface area contributed by atoms with E-state index < -0.39 is 40.5 Å². The van der Waals surface area contributed by atoms with Crippen LogP contribution in [-0.4, -0.2) is 80.1 Å². The van der Waals surface area contributed by atoms with E-state index in [1.165, 1.54) is 0 Å². The predicted octanol–water partition coefficient (Wildman–Crippen LogP) is 1.95. The zero-order valence-electron chi connectivity index (χ0n) is 19.9. The molecule has 1 amide bonds. The fraction of sp³-hybridized carbons (Fsp3) is 0.524. The van der Waals surface area contributed by atoms with Gasteiger partial charge in [0, 0.05) is 38.6 Å². The highest BCUT2D eigenvalue weighted by atomic mass is 19.4. The molecule has 1 unspecified atom stereocenters. The number of nitrogens with zero attached hydrogens (tertiary/aromatic N) is 7. The molecule has 0 spiro atoms. The Kier molecular flexibility index (Phi) is 7.57. The number of carbonyl (C=O) groups excluding carboxylic acids is 1. The molecule has 3 aromatic heterocycles. The first kappa shape index (κ1) is 27.3. The molecule has 3 aromatic rings. The highest BCUT2D eigenvalue weighted by molar-refractivity contribution is 5.80. The van der Waals surface area contributed by atoms with Gasteiger partial charge in [0.2, 0.25) is 11.9 Å². The van der Waals surface area contributed by atoms with E-state index in [0.29, 0.717) is 38.6 Å². The molecule has 4 heterocycles. The van der Waals surface area contributed by atoms with Crippen molar-refractivity contribution in [2.75, 3.05) is 44.3 Å². The van der Waals surface area contributed by atoms with Gasteiger partial charge in [-0.2, -0.15) is 36.5 Å². The van der Waals surface area contributed by atoms with Crippen LogP contribution in [0.5, 0.6) is 0 Å². The van der Waals surface area contributed by atoms with Gasteiger partial charge in [0.1, 0.15) is 5.39 Å². The molecular weight excluding hydrogens is 526 g/mol. The maximum absolute atomic E-state index is 13.3. The minimum atomic E-state index is -4.83. The van der Waals surface area contributed by atoms with Gasteiger partial charge in [-0.3, -0.25) is 14.3 Å². The van der Waals surface area contributed by atoms with Gasteiger partial charge in [-0.1, -0.05) is 6.92 Å². The van der Waals surface area contributed by atoms with Crippen LogP contribution in [0.15, 0.2) is 23.4 Å². The van der Waals surface area contributed by atoms with Crippen molar-refractivity contribution in [2.24, 2.45) is 5.92 Å². The summed E-state index contributed by atoms with van der Waals surface area (Å²) in [6.45, 7) is 2.70. The number of rotatable bonds is 7. The quantitative estimate of drug-likeness (QED) is 0.351. The highest BCUT2D eigenvalue weighted by Gasteiger charge is 2.38. The minimum Gasteiger partial charge on any atom is -0.379 e. The molecule has 1 aliphatic heterocycles. The van der Waals surface area contributed by atoms with Crippen LogP contribution in [0.1, 0.15) is 18.2 Å².